The first kappa shape index (κ1) is 43.2. The van der Waals surface area contributed by atoms with Crippen molar-refractivity contribution in [3.8, 4) is 11.1 Å². The molecule has 14 rings (SSSR count). The van der Waals surface area contributed by atoms with Crippen molar-refractivity contribution in [2.45, 2.75) is 58.8 Å². The van der Waals surface area contributed by atoms with Gasteiger partial charge in [0.1, 0.15) is 11.2 Å². The zero-order valence-electron chi connectivity index (χ0n) is 41.7. The lowest BCUT2D eigenvalue weighted by molar-refractivity contribution is 0.660. The Morgan fingerprint density at radius 2 is 0.849 bits per heavy atom. The van der Waals surface area contributed by atoms with Crippen LogP contribution in [0.15, 0.2) is 215 Å². The molecule has 0 aliphatic heterocycles. The Labute approximate surface area is 425 Å². The molecule has 0 amide bonds. The fourth-order valence-electron chi connectivity index (χ4n) is 12.5. The third kappa shape index (κ3) is 6.52. The molecule has 352 valence electrons. The molecule has 73 heavy (non-hydrogen) atoms. The van der Waals surface area contributed by atoms with E-state index in [1.165, 1.54) is 76.5 Å². The van der Waals surface area contributed by atoms with Gasteiger partial charge in [0.2, 0.25) is 0 Å². The van der Waals surface area contributed by atoms with E-state index < -0.39 is 0 Å². The first-order chi connectivity index (χ1) is 35.9. The summed E-state index contributed by atoms with van der Waals surface area (Å²) in [5.41, 5.74) is 17.4. The van der Waals surface area contributed by atoms with E-state index in [0.29, 0.717) is 0 Å². The molecule has 0 saturated carbocycles. The molecular formula is C69H54N2O2. The third-order valence-electron chi connectivity index (χ3n) is 15.8. The second-order valence-electron chi connectivity index (χ2n) is 20.5. The number of aryl methyl sites for hydroxylation is 2. The minimum absolute atomic E-state index is 0.372. The monoisotopic (exact) mass is 942 g/mol. The van der Waals surface area contributed by atoms with E-state index in [4.69, 9.17) is 8.83 Å². The van der Waals surface area contributed by atoms with Gasteiger partial charge in [0, 0.05) is 49.4 Å². The lowest BCUT2D eigenvalue weighted by atomic mass is 9.81. The maximum absolute atomic E-state index is 7.23. The number of benzene rings is 11. The van der Waals surface area contributed by atoms with Crippen LogP contribution in [0.1, 0.15) is 62.8 Å². The molecule has 1 aliphatic rings. The largest absolute Gasteiger partial charge is 0.454 e. The summed E-state index contributed by atoms with van der Waals surface area (Å²) >= 11 is 0. The van der Waals surface area contributed by atoms with Crippen LogP contribution in [0.2, 0.25) is 0 Å². The van der Waals surface area contributed by atoms with E-state index in [1.807, 2.05) is 0 Å². The Balaban J connectivity index is 0.972. The van der Waals surface area contributed by atoms with Crippen molar-refractivity contribution in [1.82, 2.24) is 0 Å². The summed E-state index contributed by atoms with van der Waals surface area (Å²) in [6, 6.07) is 75.7. The number of anilines is 6. The van der Waals surface area contributed by atoms with Crippen molar-refractivity contribution >= 4 is 110 Å². The van der Waals surface area contributed by atoms with Gasteiger partial charge in [-0.3, -0.25) is 0 Å². The van der Waals surface area contributed by atoms with Crippen LogP contribution in [0.5, 0.6) is 0 Å². The Morgan fingerprint density at radius 3 is 1.41 bits per heavy atom. The van der Waals surface area contributed by atoms with Crippen LogP contribution >= 0.6 is 0 Å². The minimum Gasteiger partial charge on any atom is -0.454 e. The van der Waals surface area contributed by atoms with Crippen LogP contribution < -0.4 is 9.80 Å². The molecule has 0 atom stereocenters. The molecule has 4 heteroatoms. The van der Waals surface area contributed by atoms with E-state index >= 15 is 0 Å². The van der Waals surface area contributed by atoms with Crippen LogP contribution in [-0.2, 0) is 18.3 Å². The second-order valence-corrected chi connectivity index (χ2v) is 20.5. The minimum atomic E-state index is -0.372. The Kier molecular flexibility index (Phi) is 9.91. The van der Waals surface area contributed by atoms with Gasteiger partial charge in [0.25, 0.3) is 0 Å². The van der Waals surface area contributed by atoms with Crippen molar-refractivity contribution in [2.24, 2.45) is 0 Å². The van der Waals surface area contributed by atoms with Gasteiger partial charge in [-0.25, -0.2) is 0 Å². The zero-order chi connectivity index (χ0) is 49.0. The Morgan fingerprint density at radius 1 is 0.370 bits per heavy atom. The smallest absolute Gasteiger partial charge is 0.159 e. The van der Waals surface area contributed by atoms with Gasteiger partial charge in [-0.2, -0.15) is 0 Å². The zero-order valence-corrected chi connectivity index (χ0v) is 41.7. The number of nitrogens with zero attached hydrogens (tertiary/aromatic N) is 2. The maximum atomic E-state index is 7.23. The molecule has 2 aromatic heterocycles. The molecule has 0 saturated heterocycles. The molecule has 0 N–H and O–H groups in total. The van der Waals surface area contributed by atoms with Crippen molar-refractivity contribution in [1.29, 1.82) is 0 Å². The maximum Gasteiger partial charge on any atom is 0.159 e. The van der Waals surface area contributed by atoms with Crippen LogP contribution in [0.4, 0.5) is 34.1 Å². The van der Waals surface area contributed by atoms with Gasteiger partial charge >= 0.3 is 0 Å². The molecule has 13 aromatic rings. The van der Waals surface area contributed by atoms with Crippen LogP contribution in [0.25, 0.3) is 87.3 Å². The molecule has 11 aromatic carbocycles. The highest BCUT2D eigenvalue weighted by molar-refractivity contribution is 6.23. The van der Waals surface area contributed by atoms with E-state index in [1.54, 1.807) is 0 Å². The van der Waals surface area contributed by atoms with Gasteiger partial charge in [-0.1, -0.05) is 180 Å². The SMILES string of the molecule is CCCc1cc2ccccc2c2c1oc1c(N(c3ccccc3)c3ccc4c(c3)C(C)(C)c3cc(N(c5ccccc5)c5cccc6c5oc5c(CCC)cc7ccccc7c56)c5ccccc5c3-4)cccc12. The van der Waals surface area contributed by atoms with Crippen molar-refractivity contribution in [3.63, 3.8) is 0 Å². The predicted molar refractivity (Wildman–Crippen MR) is 308 cm³/mol. The van der Waals surface area contributed by atoms with Crippen molar-refractivity contribution < 1.29 is 8.83 Å². The highest BCUT2D eigenvalue weighted by Crippen LogP contribution is 2.57. The predicted octanol–water partition coefficient (Wildman–Crippen LogP) is 20.1. The molecule has 0 bridgehead atoms. The van der Waals surface area contributed by atoms with Gasteiger partial charge in [-0.15, -0.1) is 0 Å². The summed E-state index contributed by atoms with van der Waals surface area (Å²) in [7, 11) is 0. The summed E-state index contributed by atoms with van der Waals surface area (Å²) in [6.45, 7) is 9.30. The van der Waals surface area contributed by atoms with Crippen LogP contribution in [-0.4, -0.2) is 0 Å². The average molecular weight is 943 g/mol. The number of furan rings is 2. The number of para-hydroxylation sites is 4. The van der Waals surface area contributed by atoms with Crippen LogP contribution in [0, 0.1) is 0 Å². The molecular weight excluding hydrogens is 889 g/mol. The molecule has 4 nitrogen and oxygen atoms in total. The fraction of sp³-hybridized carbons (Fsp3) is 0.130. The topological polar surface area (TPSA) is 32.8 Å². The van der Waals surface area contributed by atoms with Gasteiger partial charge in [-0.05, 0) is 140 Å². The lowest BCUT2D eigenvalue weighted by Crippen LogP contribution is -2.18. The Bertz CT molecular complexity index is 4330. The fourth-order valence-corrected chi connectivity index (χ4v) is 12.5. The molecule has 0 spiro atoms. The standard InChI is InChI=1S/C69H54N2O2/c1-5-21-45-39-43-23-13-15-29-50(43)63-55-33-19-35-59(67(55)72-65(45)63)70(47-25-9-7-10-26-47)49-37-38-54-57(41-49)69(3,4)58-42-61(52-31-17-18-32-53(52)62(54)58)71(48-27-11-8-12-28-48)60-36-20-34-56-64-51-30-16-14-24-44(51)40-46(22-6-2)66(64)73-68(56)60/h7-20,23-42H,5-6,21-22H2,1-4H3. The molecule has 2 heterocycles. The summed E-state index contributed by atoms with van der Waals surface area (Å²) in [6.07, 6.45) is 3.97. The average Bonchev–Trinajstić information content (AvgIpc) is 4.12. The van der Waals surface area contributed by atoms with Crippen LogP contribution in [0.3, 0.4) is 0 Å². The molecule has 0 unspecified atom stereocenters. The number of hydrogen-bond acceptors (Lipinski definition) is 4. The molecule has 0 fully saturated rings. The number of fused-ring (bicyclic) bond motifs is 15. The summed E-state index contributed by atoms with van der Waals surface area (Å²) in [5, 5.41) is 12.0. The van der Waals surface area contributed by atoms with Gasteiger partial charge in [0.15, 0.2) is 11.2 Å². The van der Waals surface area contributed by atoms with Gasteiger partial charge in [0.05, 0.1) is 17.1 Å². The third-order valence-corrected chi connectivity index (χ3v) is 15.8. The highest BCUT2D eigenvalue weighted by Gasteiger charge is 2.39. The summed E-state index contributed by atoms with van der Waals surface area (Å²) in [5.74, 6) is 0. The van der Waals surface area contributed by atoms with E-state index in [0.717, 1.165) is 92.9 Å². The van der Waals surface area contributed by atoms with E-state index in [-0.39, 0.29) is 5.41 Å². The highest BCUT2D eigenvalue weighted by atomic mass is 16.3. The van der Waals surface area contributed by atoms with E-state index in [9.17, 15) is 0 Å². The second kappa shape index (κ2) is 16.8. The lowest BCUT2D eigenvalue weighted by Gasteiger charge is -2.30. The van der Waals surface area contributed by atoms with E-state index in [2.05, 4.69) is 244 Å². The molecule has 1 aliphatic carbocycles. The Hall–Kier alpha value is -8.60. The van der Waals surface area contributed by atoms with Gasteiger partial charge < -0.3 is 18.6 Å². The first-order valence-corrected chi connectivity index (χ1v) is 26.0. The number of rotatable bonds is 10. The van der Waals surface area contributed by atoms with Crippen molar-refractivity contribution in [2.75, 3.05) is 9.80 Å². The quantitative estimate of drug-likeness (QED) is 0.137. The summed E-state index contributed by atoms with van der Waals surface area (Å²) < 4.78 is 14.4. The van der Waals surface area contributed by atoms with Crippen molar-refractivity contribution in [3.05, 3.63) is 229 Å². The molecule has 0 radical (unpaired) electrons. The normalized spacial score (nSPS) is 13.0. The number of hydrogen-bond donors (Lipinski definition) is 0. The first-order valence-electron chi connectivity index (χ1n) is 26.0. The summed E-state index contributed by atoms with van der Waals surface area (Å²) in [4.78, 5) is 4.84.